The molecule has 3 N–H and O–H groups in total. The van der Waals surface area contributed by atoms with Crippen LogP contribution in [0.1, 0.15) is 54.7 Å². The molecule has 0 spiro atoms. The molecular weight excluding hydrogens is 258 g/mol. The van der Waals surface area contributed by atoms with Gasteiger partial charge in [0.1, 0.15) is 0 Å². The number of nitrogens with zero attached hydrogens (tertiary/aromatic N) is 2. The monoisotopic (exact) mass is 281 g/mol. The zero-order valence-corrected chi connectivity index (χ0v) is 12.1. The first-order chi connectivity index (χ1) is 9.50. The van der Waals surface area contributed by atoms with E-state index in [4.69, 9.17) is 0 Å². The van der Waals surface area contributed by atoms with Gasteiger partial charge in [0.25, 0.3) is 5.91 Å². The maximum absolute atomic E-state index is 12.2. The Bertz CT molecular complexity index is 474. The van der Waals surface area contributed by atoms with Gasteiger partial charge in [0.05, 0.1) is 36.6 Å². The summed E-state index contributed by atoms with van der Waals surface area (Å²) >= 11 is 0. The van der Waals surface area contributed by atoms with Crippen LogP contribution in [0, 0.1) is 6.92 Å². The maximum atomic E-state index is 12.2. The summed E-state index contributed by atoms with van der Waals surface area (Å²) in [5.74, 6) is -0.308. The minimum atomic E-state index is -1.01. The standard InChI is InChI=1S/C14H23N3O3/c1-10-12(13(20)16-14(2,8-18)9-19)7-15-17(10)11-5-3-4-6-11/h7,11,18-19H,3-6,8-9H2,1-2H3,(H,16,20). The second-order valence-corrected chi connectivity index (χ2v) is 5.86. The minimum absolute atomic E-state index is 0.308. The molecular formula is C14H23N3O3. The molecule has 1 amide bonds. The van der Waals surface area contributed by atoms with E-state index in [-0.39, 0.29) is 19.1 Å². The van der Waals surface area contributed by atoms with Crippen LogP contribution < -0.4 is 5.32 Å². The van der Waals surface area contributed by atoms with Gasteiger partial charge in [-0.25, -0.2) is 0 Å². The summed E-state index contributed by atoms with van der Waals surface area (Å²) in [6.45, 7) is 2.85. The average Bonchev–Trinajstić information content (AvgIpc) is 3.07. The molecule has 2 rings (SSSR count). The molecule has 1 saturated carbocycles. The highest BCUT2D eigenvalue weighted by atomic mass is 16.3. The minimum Gasteiger partial charge on any atom is -0.394 e. The number of aromatic nitrogens is 2. The molecule has 1 aromatic rings. The lowest BCUT2D eigenvalue weighted by molar-refractivity contribution is 0.0723. The largest absolute Gasteiger partial charge is 0.394 e. The topological polar surface area (TPSA) is 87.4 Å². The van der Waals surface area contributed by atoms with Crippen molar-refractivity contribution >= 4 is 5.91 Å². The number of hydrogen-bond acceptors (Lipinski definition) is 4. The highest BCUT2D eigenvalue weighted by Crippen LogP contribution is 2.30. The van der Waals surface area contributed by atoms with Crippen molar-refractivity contribution in [3.63, 3.8) is 0 Å². The summed E-state index contributed by atoms with van der Waals surface area (Å²) in [4.78, 5) is 12.2. The van der Waals surface area contributed by atoms with E-state index in [0.29, 0.717) is 11.6 Å². The van der Waals surface area contributed by atoms with Crippen molar-refractivity contribution in [1.82, 2.24) is 15.1 Å². The number of carbonyl (C=O) groups excluding carboxylic acids is 1. The van der Waals surface area contributed by atoms with Crippen LogP contribution in [-0.2, 0) is 0 Å². The first-order valence-corrected chi connectivity index (χ1v) is 7.09. The molecule has 1 heterocycles. The molecule has 112 valence electrons. The lowest BCUT2D eigenvalue weighted by Gasteiger charge is -2.26. The van der Waals surface area contributed by atoms with Gasteiger partial charge in [-0.05, 0) is 26.7 Å². The van der Waals surface area contributed by atoms with Crippen LogP contribution in [0.5, 0.6) is 0 Å². The second-order valence-electron chi connectivity index (χ2n) is 5.86. The van der Waals surface area contributed by atoms with Crippen LogP contribution in [0.4, 0.5) is 0 Å². The zero-order valence-electron chi connectivity index (χ0n) is 12.1. The summed E-state index contributed by atoms with van der Waals surface area (Å²) in [7, 11) is 0. The van der Waals surface area contributed by atoms with Crippen molar-refractivity contribution in [1.29, 1.82) is 0 Å². The lowest BCUT2D eigenvalue weighted by Crippen LogP contribution is -2.51. The second kappa shape index (κ2) is 5.93. The first kappa shape index (κ1) is 15.0. The Balaban J connectivity index is 2.15. The molecule has 1 fully saturated rings. The van der Waals surface area contributed by atoms with E-state index in [9.17, 15) is 15.0 Å². The van der Waals surface area contributed by atoms with Gasteiger partial charge in [0.15, 0.2) is 0 Å². The van der Waals surface area contributed by atoms with Gasteiger partial charge in [-0.2, -0.15) is 5.10 Å². The van der Waals surface area contributed by atoms with Gasteiger partial charge in [-0.15, -0.1) is 0 Å². The number of hydrogen-bond donors (Lipinski definition) is 3. The van der Waals surface area contributed by atoms with Gasteiger partial charge < -0.3 is 15.5 Å². The number of rotatable bonds is 5. The van der Waals surface area contributed by atoms with Crippen molar-refractivity contribution in [2.24, 2.45) is 0 Å². The maximum Gasteiger partial charge on any atom is 0.255 e. The average molecular weight is 281 g/mol. The van der Waals surface area contributed by atoms with Crippen LogP contribution in [0.15, 0.2) is 6.20 Å². The van der Waals surface area contributed by atoms with Gasteiger partial charge in [0.2, 0.25) is 0 Å². The summed E-state index contributed by atoms with van der Waals surface area (Å²) in [5.41, 5.74) is 0.330. The van der Waals surface area contributed by atoms with Gasteiger partial charge in [0, 0.05) is 5.69 Å². The molecule has 20 heavy (non-hydrogen) atoms. The third-order valence-corrected chi connectivity index (χ3v) is 4.07. The van der Waals surface area contributed by atoms with Crippen molar-refractivity contribution in [2.45, 2.75) is 51.1 Å². The third-order valence-electron chi connectivity index (χ3n) is 4.07. The number of aliphatic hydroxyl groups excluding tert-OH is 2. The van der Waals surface area contributed by atoms with Gasteiger partial charge >= 0.3 is 0 Å². The van der Waals surface area contributed by atoms with E-state index < -0.39 is 5.54 Å². The fraction of sp³-hybridized carbons (Fsp3) is 0.714. The summed E-state index contributed by atoms with van der Waals surface area (Å²) < 4.78 is 1.93. The first-order valence-electron chi connectivity index (χ1n) is 7.09. The van der Waals surface area contributed by atoms with Crippen molar-refractivity contribution in [3.05, 3.63) is 17.5 Å². The molecule has 6 heteroatoms. The molecule has 1 aromatic heterocycles. The number of aliphatic hydroxyl groups is 2. The SMILES string of the molecule is Cc1c(C(=O)NC(C)(CO)CO)cnn1C1CCCC1. The van der Waals surface area contributed by atoms with E-state index in [1.54, 1.807) is 13.1 Å². The predicted octanol–water partition coefficient (Wildman–Crippen LogP) is 0.780. The highest BCUT2D eigenvalue weighted by Gasteiger charge is 2.28. The summed E-state index contributed by atoms with van der Waals surface area (Å²) in [5, 5.41) is 25.5. The van der Waals surface area contributed by atoms with Gasteiger partial charge in [-0.3, -0.25) is 9.48 Å². The normalized spacial score (nSPS) is 16.6. The lowest BCUT2D eigenvalue weighted by atomic mass is 10.0. The van der Waals surface area contributed by atoms with Crippen molar-refractivity contribution in [3.8, 4) is 0 Å². The fourth-order valence-electron chi connectivity index (χ4n) is 2.63. The van der Waals surface area contributed by atoms with E-state index >= 15 is 0 Å². The zero-order chi connectivity index (χ0) is 14.8. The number of nitrogens with one attached hydrogen (secondary N) is 1. The van der Waals surface area contributed by atoms with E-state index in [2.05, 4.69) is 10.4 Å². The molecule has 0 saturated heterocycles. The molecule has 0 atom stereocenters. The Morgan fingerprint density at radius 2 is 2.05 bits per heavy atom. The van der Waals surface area contributed by atoms with Gasteiger partial charge in [-0.1, -0.05) is 12.8 Å². The van der Waals surface area contributed by atoms with Crippen LogP contribution in [0.3, 0.4) is 0 Å². The fourth-order valence-corrected chi connectivity index (χ4v) is 2.63. The molecule has 1 aliphatic rings. The Hall–Kier alpha value is -1.40. The molecule has 0 radical (unpaired) electrons. The summed E-state index contributed by atoms with van der Waals surface area (Å²) in [6, 6.07) is 0.388. The Labute approximate surface area is 118 Å². The van der Waals surface area contributed by atoms with Crippen LogP contribution in [-0.4, -0.2) is 44.7 Å². The van der Waals surface area contributed by atoms with E-state index in [0.717, 1.165) is 18.5 Å². The molecule has 0 aliphatic heterocycles. The number of amides is 1. The van der Waals surface area contributed by atoms with Crippen LogP contribution >= 0.6 is 0 Å². The third kappa shape index (κ3) is 2.86. The van der Waals surface area contributed by atoms with Crippen molar-refractivity contribution in [2.75, 3.05) is 13.2 Å². The van der Waals surface area contributed by atoms with Crippen LogP contribution in [0.2, 0.25) is 0 Å². The molecule has 1 aliphatic carbocycles. The number of carbonyl (C=O) groups is 1. The molecule has 6 nitrogen and oxygen atoms in total. The Kier molecular flexibility index (Phi) is 4.45. The summed E-state index contributed by atoms with van der Waals surface area (Å²) in [6.07, 6.45) is 6.19. The smallest absolute Gasteiger partial charge is 0.255 e. The molecule has 0 bridgehead atoms. The quantitative estimate of drug-likeness (QED) is 0.744. The highest BCUT2D eigenvalue weighted by molar-refractivity contribution is 5.95. The van der Waals surface area contributed by atoms with Crippen molar-refractivity contribution < 1.29 is 15.0 Å². The Morgan fingerprint density at radius 1 is 1.45 bits per heavy atom. The molecule has 0 aromatic carbocycles. The Morgan fingerprint density at radius 3 is 2.60 bits per heavy atom. The van der Waals surface area contributed by atoms with E-state index in [1.807, 2.05) is 11.6 Å². The van der Waals surface area contributed by atoms with Crippen LogP contribution in [0.25, 0.3) is 0 Å². The predicted molar refractivity (Wildman–Crippen MR) is 74.5 cm³/mol. The molecule has 0 unspecified atom stereocenters. The van der Waals surface area contributed by atoms with E-state index in [1.165, 1.54) is 12.8 Å².